The van der Waals surface area contributed by atoms with Crippen molar-refractivity contribution in [3.05, 3.63) is 0 Å². The van der Waals surface area contributed by atoms with E-state index in [1.165, 1.54) is 32.1 Å². The summed E-state index contributed by atoms with van der Waals surface area (Å²) in [6.45, 7) is 4.09. The predicted octanol–water partition coefficient (Wildman–Crippen LogP) is 3.28. The van der Waals surface area contributed by atoms with Crippen LogP contribution in [0.25, 0.3) is 0 Å². The van der Waals surface area contributed by atoms with Gasteiger partial charge in [0.05, 0.1) is 0 Å². The van der Waals surface area contributed by atoms with Gasteiger partial charge in [0.1, 0.15) is 0 Å². The van der Waals surface area contributed by atoms with E-state index < -0.39 is 7.63 Å². The van der Waals surface area contributed by atoms with Gasteiger partial charge in [0.2, 0.25) is 0 Å². The maximum atomic E-state index is 6.08. The molecular weight excluding hydrogens is 176 g/mol. The highest BCUT2D eigenvalue weighted by atomic mass is 35.6. The second-order valence-corrected chi connectivity index (χ2v) is 9.43. The first-order chi connectivity index (χ1) is 5.08. The molecule has 0 unspecified atom stereocenters. The summed E-state index contributed by atoms with van der Waals surface area (Å²) in [5.74, 6) is 0. The zero-order valence-corrected chi connectivity index (χ0v) is 9.16. The zero-order valence-electron chi connectivity index (χ0n) is 7.40. The normalized spacial score (nSPS) is 22.1. The second kappa shape index (κ2) is 3.92. The van der Waals surface area contributed by atoms with Crippen molar-refractivity contribution in [1.82, 2.24) is 0 Å². The highest BCUT2D eigenvalue weighted by molar-refractivity contribution is 7.15. The average Bonchev–Trinajstić information content (AvgIpc) is 1.85. The first kappa shape index (κ1) is 9.55. The van der Waals surface area contributed by atoms with Gasteiger partial charge in [-0.1, -0.05) is 19.3 Å². The Morgan fingerprint density at radius 2 is 1.73 bits per heavy atom. The molecule has 66 valence electrons. The summed E-state index contributed by atoms with van der Waals surface area (Å²) in [6, 6.07) is 0. The smallest absolute Gasteiger partial charge is 0.284 e. The number of hydrogen-bond acceptors (Lipinski definition) is 1. The fourth-order valence-electron chi connectivity index (χ4n) is 1.58. The molecule has 1 rings (SSSR count). The Hall–Kier alpha value is 0.467. The molecule has 0 saturated heterocycles. The minimum Gasteiger partial charge on any atom is -0.400 e. The Morgan fingerprint density at radius 3 is 2.18 bits per heavy atom. The van der Waals surface area contributed by atoms with E-state index in [0.29, 0.717) is 6.10 Å². The van der Waals surface area contributed by atoms with E-state index in [2.05, 4.69) is 0 Å². The van der Waals surface area contributed by atoms with Crippen molar-refractivity contribution in [2.45, 2.75) is 51.3 Å². The molecule has 0 amide bonds. The summed E-state index contributed by atoms with van der Waals surface area (Å²) >= 11 is 6.08. The summed E-state index contributed by atoms with van der Waals surface area (Å²) in [6.07, 6.45) is 6.96. The van der Waals surface area contributed by atoms with Gasteiger partial charge < -0.3 is 4.43 Å². The van der Waals surface area contributed by atoms with Crippen LogP contribution in [-0.4, -0.2) is 13.7 Å². The van der Waals surface area contributed by atoms with Crippen LogP contribution in [0, 0.1) is 0 Å². The van der Waals surface area contributed by atoms with Crippen LogP contribution >= 0.6 is 11.1 Å². The van der Waals surface area contributed by atoms with Crippen molar-refractivity contribution in [3.63, 3.8) is 0 Å². The Labute approximate surface area is 74.9 Å². The number of halogens is 1. The maximum absolute atomic E-state index is 6.08. The van der Waals surface area contributed by atoms with Crippen molar-refractivity contribution in [3.8, 4) is 0 Å². The van der Waals surface area contributed by atoms with Crippen LogP contribution in [0.4, 0.5) is 0 Å². The lowest BCUT2D eigenvalue weighted by molar-refractivity contribution is 0.153. The molecule has 0 N–H and O–H groups in total. The molecule has 0 heterocycles. The van der Waals surface area contributed by atoms with E-state index in [-0.39, 0.29) is 0 Å². The van der Waals surface area contributed by atoms with Crippen LogP contribution in [0.15, 0.2) is 0 Å². The van der Waals surface area contributed by atoms with Crippen molar-refractivity contribution in [2.24, 2.45) is 0 Å². The van der Waals surface area contributed by atoms with E-state index in [9.17, 15) is 0 Å². The van der Waals surface area contributed by atoms with Gasteiger partial charge in [-0.05, 0) is 25.9 Å². The van der Waals surface area contributed by atoms with E-state index in [4.69, 9.17) is 15.5 Å². The quantitative estimate of drug-likeness (QED) is 0.482. The van der Waals surface area contributed by atoms with Crippen molar-refractivity contribution < 1.29 is 4.43 Å². The maximum Gasteiger partial charge on any atom is 0.284 e. The van der Waals surface area contributed by atoms with Gasteiger partial charge in [0, 0.05) is 6.10 Å². The largest absolute Gasteiger partial charge is 0.400 e. The van der Waals surface area contributed by atoms with Crippen molar-refractivity contribution >= 4 is 18.7 Å². The third-order valence-corrected chi connectivity index (χ3v) is 3.16. The van der Waals surface area contributed by atoms with Gasteiger partial charge in [0.25, 0.3) is 7.63 Å². The Kier molecular flexibility index (Phi) is 3.41. The van der Waals surface area contributed by atoms with Crippen LogP contribution in [-0.2, 0) is 4.43 Å². The molecule has 1 nitrogen and oxygen atoms in total. The molecule has 0 aromatic heterocycles. The SMILES string of the molecule is C[Si](C)(Cl)OC1CCCCC1. The summed E-state index contributed by atoms with van der Waals surface area (Å²) in [7, 11) is -1.77. The minimum atomic E-state index is -1.77. The molecule has 1 aliphatic carbocycles. The Balaban J connectivity index is 2.24. The van der Waals surface area contributed by atoms with Crippen LogP contribution < -0.4 is 0 Å². The lowest BCUT2D eigenvalue weighted by Gasteiger charge is -2.27. The molecule has 0 aliphatic heterocycles. The lowest BCUT2D eigenvalue weighted by Crippen LogP contribution is -2.31. The molecule has 0 bridgehead atoms. The molecule has 1 fully saturated rings. The van der Waals surface area contributed by atoms with Gasteiger partial charge in [-0.15, -0.1) is 11.1 Å². The topological polar surface area (TPSA) is 9.23 Å². The zero-order chi connectivity index (χ0) is 8.32. The van der Waals surface area contributed by atoms with E-state index >= 15 is 0 Å². The first-order valence-corrected chi connectivity index (χ1v) is 8.37. The molecule has 1 aliphatic rings. The van der Waals surface area contributed by atoms with E-state index in [1.807, 2.05) is 13.1 Å². The van der Waals surface area contributed by atoms with Gasteiger partial charge in [-0.2, -0.15) is 0 Å². The third kappa shape index (κ3) is 4.14. The van der Waals surface area contributed by atoms with Gasteiger partial charge in [-0.3, -0.25) is 0 Å². The van der Waals surface area contributed by atoms with Crippen molar-refractivity contribution in [1.29, 1.82) is 0 Å². The molecule has 3 heteroatoms. The average molecular weight is 193 g/mol. The standard InChI is InChI=1S/C8H17ClOSi/c1-11(2,9)10-8-6-4-3-5-7-8/h8H,3-7H2,1-2H3. The molecule has 11 heavy (non-hydrogen) atoms. The monoisotopic (exact) mass is 192 g/mol. The van der Waals surface area contributed by atoms with Gasteiger partial charge in [-0.25, -0.2) is 0 Å². The lowest BCUT2D eigenvalue weighted by atomic mass is 9.98. The third-order valence-electron chi connectivity index (χ3n) is 2.00. The summed E-state index contributed by atoms with van der Waals surface area (Å²) < 4.78 is 5.78. The molecule has 1 saturated carbocycles. The molecule has 0 aromatic carbocycles. The molecule has 0 radical (unpaired) electrons. The highest BCUT2D eigenvalue weighted by Crippen LogP contribution is 2.24. The van der Waals surface area contributed by atoms with Crippen LogP contribution in [0.2, 0.25) is 13.1 Å². The van der Waals surface area contributed by atoms with Crippen molar-refractivity contribution in [2.75, 3.05) is 0 Å². The van der Waals surface area contributed by atoms with E-state index in [1.54, 1.807) is 0 Å². The molecule has 0 aromatic rings. The number of rotatable bonds is 2. The molecular formula is C8H17ClOSi. The number of hydrogen-bond donors (Lipinski definition) is 0. The fourth-order valence-corrected chi connectivity index (χ4v) is 2.99. The highest BCUT2D eigenvalue weighted by Gasteiger charge is 2.24. The first-order valence-electron chi connectivity index (χ1n) is 4.45. The summed E-state index contributed by atoms with van der Waals surface area (Å²) in [5, 5.41) is 0. The minimum absolute atomic E-state index is 0.475. The Morgan fingerprint density at radius 1 is 1.18 bits per heavy atom. The fraction of sp³-hybridized carbons (Fsp3) is 1.00. The molecule has 0 atom stereocenters. The van der Waals surface area contributed by atoms with Gasteiger partial charge >= 0.3 is 0 Å². The summed E-state index contributed by atoms with van der Waals surface area (Å²) in [4.78, 5) is 0. The van der Waals surface area contributed by atoms with Crippen LogP contribution in [0.3, 0.4) is 0 Å². The van der Waals surface area contributed by atoms with Crippen LogP contribution in [0.1, 0.15) is 32.1 Å². The van der Waals surface area contributed by atoms with Crippen LogP contribution in [0.5, 0.6) is 0 Å². The second-order valence-electron chi connectivity index (χ2n) is 3.74. The van der Waals surface area contributed by atoms with E-state index in [0.717, 1.165) is 0 Å². The predicted molar refractivity (Wildman–Crippen MR) is 51.3 cm³/mol. The summed E-state index contributed by atoms with van der Waals surface area (Å²) in [5.41, 5.74) is 0. The Bertz CT molecular complexity index is 116. The molecule has 0 spiro atoms. The van der Waals surface area contributed by atoms with Gasteiger partial charge in [0.15, 0.2) is 0 Å².